The maximum Gasteiger partial charge on any atom is 0.329 e. The van der Waals surface area contributed by atoms with Crippen LogP contribution in [0, 0.1) is 6.92 Å². The van der Waals surface area contributed by atoms with Gasteiger partial charge in [0, 0.05) is 28.7 Å². The van der Waals surface area contributed by atoms with Crippen molar-refractivity contribution in [3.05, 3.63) is 77.1 Å². The lowest BCUT2D eigenvalue weighted by Gasteiger charge is -2.12. The SMILES string of the molecule is CC[C@@H](C)n1cc(/C=C2/NC(=O)N(Cc3cccc(C)c3)C2=O)c2ccccc21. The Kier molecular flexibility index (Phi) is 4.97. The van der Waals surface area contributed by atoms with Crippen molar-refractivity contribution < 1.29 is 9.59 Å². The van der Waals surface area contributed by atoms with E-state index in [9.17, 15) is 9.59 Å². The number of urea groups is 1. The maximum absolute atomic E-state index is 12.9. The molecule has 1 fully saturated rings. The molecule has 29 heavy (non-hydrogen) atoms. The molecule has 1 saturated heterocycles. The standard InChI is InChI=1S/C24H25N3O2/c1-4-17(3)26-15-19(20-10-5-6-11-22(20)26)13-21-23(28)27(24(29)25-21)14-18-9-7-8-16(2)12-18/h5-13,15,17H,4,14H2,1-3H3,(H,25,29)/b21-13+/t17-/m1/s1. The lowest BCUT2D eigenvalue weighted by molar-refractivity contribution is -0.123. The molecule has 148 valence electrons. The molecule has 5 nitrogen and oxygen atoms in total. The van der Waals surface area contributed by atoms with Gasteiger partial charge in [0.15, 0.2) is 0 Å². The highest BCUT2D eigenvalue weighted by Gasteiger charge is 2.33. The number of rotatable bonds is 5. The summed E-state index contributed by atoms with van der Waals surface area (Å²) in [7, 11) is 0. The maximum atomic E-state index is 12.9. The molecular formula is C24H25N3O2. The van der Waals surface area contributed by atoms with Crippen molar-refractivity contribution in [2.45, 2.75) is 39.8 Å². The zero-order valence-electron chi connectivity index (χ0n) is 17.0. The first kappa shape index (κ1) is 19.0. The third kappa shape index (κ3) is 3.56. The second-order valence-electron chi connectivity index (χ2n) is 7.63. The molecule has 5 heteroatoms. The Morgan fingerprint density at radius 3 is 2.66 bits per heavy atom. The van der Waals surface area contributed by atoms with Gasteiger partial charge in [0.2, 0.25) is 0 Å². The molecule has 3 amide bonds. The number of nitrogens with zero attached hydrogens (tertiary/aromatic N) is 2. The average Bonchev–Trinajstić information content (AvgIpc) is 3.21. The second kappa shape index (κ2) is 7.59. The van der Waals surface area contributed by atoms with E-state index in [1.807, 2.05) is 49.4 Å². The first-order valence-electron chi connectivity index (χ1n) is 9.97. The number of aryl methyl sites for hydroxylation is 1. The molecule has 0 aliphatic carbocycles. The Morgan fingerprint density at radius 1 is 1.10 bits per heavy atom. The van der Waals surface area contributed by atoms with E-state index in [-0.39, 0.29) is 18.5 Å². The van der Waals surface area contributed by atoms with Crippen LogP contribution in [0.2, 0.25) is 0 Å². The van der Waals surface area contributed by atoms with E-state index in [1.54, 1.807) is 6.08 Å². The molecule has 2 aromatic carbocycles. The summed E-state index contributed by atoms with van der Waals surface area (Å²) in [5, 5.41) is 3.81. The van der Waals surface area contributed by atoms with Crippen molar-refractivity contribution in [2.24, 2.45) is 0 Å². The van der Waals surface area contributed by atoms with E-state index in [2.05, 4.69) is 36.0 Å². The number of benzene rings is 2. The molecule has 1 aliphatic rings. The number of nitrogens with one attached hydrogen (secondary N) is 1. The van der Waals surface area contributed by atoms with Gasteiger partial charge in [-0.15, -0.1) is 0 Å². The lowest BCUT2D eigenvalue weighted by Crippen LogP contribution is -2.30. The number of hydrogen-bond donors (Lipinski definition) is 1. The van der Waals surface area contributed by atoms with Crippen LogP contribution in [0.3, 0.4) is 0 Å². The molecule has 1 aromatic heterocycles. The molecule has 0 radical (unpaired) electrons. The number of para-hydroxylation sites is 1. The van der Waals surface area contributed by atoms with E-state index in [0.29, 0.717) is 11.7 Å². The largest absolute Gasteiger partial charge is 0.344 e. The van der Waals surface area contributed by atoms with Crippen LogP contribution in [-0.2, 0) is 11.3 Å². The minimum atomic E-state index is -0.381. The molecule has 0 saturated carbocycles. The van der Waals surface area contributed by atoms with Crippen molar-refractivity contribution in [3.63, 3.8) is 0 Å². The molecule has 1 aliphatic heterocycles. The molecule has 3 aromatic rings. The summed E-state index contributed by atoms with van der Waals surface area (Å²) in [6.45, 7) is 6.59. The van der Waals surface area contributed by atoms with Crippen molar-refractivity contribution in [3.8, 4) is 0 Å². The number of imide groups is 1. The smallest absolute Gasteiger partial charge is 0.329 e. The number of aromatic nitrogens is 1. The molecule has 0 bridgehead atoms. The Morgan fingerprint density at radius 2 is 1.90 bits per heavy atom. The van der Waals surface area contributed by atoms with Crippen LogP contribution < -0.4 is 5.32 Å². The molecule has 0 unspecified atom stereocenters. The molecule has 2 heterocycles. The summed E-state index contributed by atoms with van der Waals surface area (Å²) in [6, 6.07) is 15.9. The quantitative estimate of drug-likeness (QED) is 0.494. The molecule has 0 spiro atoms. The van der Waals surface area contributed by atoms with Crippen LogP contribution in [0.15, 0.2) is 60.4 Å². The molecule has 1 atom stereocenters. The monoisotopic (exact) mass is 387 g/mol. The first-order valence-corrected chi connectivity index (χ1v) is 9.97. The predicted molar refractivity (Wildman–Crippen MR) is 115 cm³/mol. The van der Waals surface area contributed by atoms with Gasteiger partial charge in [-0.2, -0.15) is 0 Å². The van der Waals surface area contributed by atoms with E-state index < -0.39 is 0 Å². The number of hydrogen-bond acceptors (Lipinski definition) is 2. The van der Waals surface area contributed by atoms with Gasteiger partial charge in [-0.05, 0) is 38.0 Å². The van der Waals surface area contributed by atoms with Gasteiger partial charge in [0.25, 0.3) is 5.91 Å². The van der Waals surface area contributed by atoms with Gasteiger partial charge >= 0.3 is 6.03 Å². The average molecular weight is 387 g/mol. The number of fused-ring (bicyclic) bond motifs is 1. The zero-order valence-corrected chi connectivity index (χ0v) is 17.0. The van der Waals surface area contributed by atoms with E-state index in [0.717, 1.165) is 34.0 Å². The number of carbonyl (C=O) groups excluding carboxylic acids is 2. The third-order valence-electron chi connectivity index (χ3n) is 5.52. The van der Waals surface area contributed by atoms with E-state index in [1.165, 1.54) is 4.90 Å². The van der Waals surface area contributed by atoms with Crippen molar-refractivity contribution in [2.75, 3.05) is 0 Å². The molecular weight excluding hydrogens is 362 g/mol. The van der Waals surface area contributed by atoms with Crippen LogP contribution >= 0.6 is 0 Å². The van der Waals surface area contributed by atoms with Crippen LogP contribution in [0.1, 0.15) is 43.0 Å². The van der Waals surface area contributed by atoms with Crippen LogP contribution in [0.4, 0.5) is 4.79 Å². The highest BCUT2D eigenvalue weighted by molar-refractivity contribution is 6.14. The minimum Gasteiger partial charge on any atom is -0.344 e. The van der Waals surface area contributed by atoms with Gasteiger partial charge in [0.05, 0.1) is 6.54 Å². The Balaban J connectivity index is 1.67. The normalized spacial score (nSPS) is 16.7. The second-order valence-corrected chi connectivity index (χ2v) is 7.63. The molecule has 4 rings (SSSR count). The van der Waals surface area contributed by atoms with Gasteiger partial charge in [-0.3, -0.25) is 9.69 Å². The lowest BCUT2D eigenvalue weighted by atomic mass is 10.1. The fourth-order valence-electron chi connectivity index (χ4n) is 3.77. The van der Waals surface area contributed by atoms with Gasteiger partial charge in [0.1, 0.15) is 5.70 Å². The fraction of sp³-hybridized carbons (Fsp3) is 0.250. The number of carbonyl (C=O) groups is 2. The van der Waals surface area contributed by atoms with Gasteiger partial charge < -0.3 is 9.88 Å². The zero-order chi connectivity index (χ0) is 20.5. The Labute approximate surface area is 170 Å². The topological polar surface area (TPSA) is 54.3 Å². The summed E-state index contributed by atoms with van der Waals surface area (Å²) < 4.78 is 2.23. The summed E-state index contributed by atoms with van der Waals surface area (Å²) in [5.41, 5.74) is 4.41. The number of amides is 3. The van der Waals surface area contributed by atoms with Gasteiger partial charge in [-0.25, -0.2) is 4.79 Å². The summed E-state index contributed by atoms with van der Waals surface area (Å²) >= 11 is 0. The van der Waals surface area contributed by atoms with Crippen molar-refractivity contribution in [1.82, 2.24) is 14.8 Å². The highest BCUT2D eigenvalue weighted by atomic mass is 16.2. The van der Waals surface area contributed by atoms with E-state index in [4.69, 9.17) is 0 Å². The van der Waals surface area contributed by atoms with Gasteiger partial charge in [-0.1, -0.05) is 55.0 Å². The summed E-state index contributed by atoms with van der Waals surface area (Å²) in [5.74, 6) is -0.295. The highest BCUT2D eigenvalue weighted by Crippen LogP contribution is 2.28. The minimum absolute atomic E-state index is 0.262. The predicted octanol–water partition coefficient (Wildman–Crippen LogP) is 5.01. The van der Waals surface area contributed by atoms with Crippen LogP contribution in [-0.4, -0.2) is 21.4 Å². The summed E-state index contributed by atoms with van der Waals surface area (Å²) in [4.78, 5) is 26.6. The fourth-order valence-corrected chi connectivity index (χ4v) is 3.77. The first-order chi connectivity index (χ1) is 14.0. The van der Waals surface area contributed by atoms with Crippen LogP contribution in [0.5, 0.6) is 0 Å². The van der Waals surface area contributed by atoms with Crippen molar-refractivity contribution >= 4 is 28.9 Å². The van der Waals surface area contributed by atoms with E-state index >= 15 is 0 Å². The van der Waals surface area contributed by atoms with Crippen LogP contribution in [0.25, 0.3) is 17.0 Å². The van der Waals surface area contributed by atoms with Crippen molar-refractivity contribution in [1.29, 1.82) is 0 Å². The summed E-state index contributed by atoms with van der Waals surface area (Å²) in [6.07, 6.45) is 4.86. The molecule has 1 N–H and O–H groups in total. The Hall–Kier alpha value is -3.34. The Bertz CT molecular complexity index is 1130. The third-order valence-corrected chi connectivity index (χ3v) is 5.52.